The van der Waals surface area contributed by atoms with Crippen LogP contribution in [0.15, 0.2) is 36.7 Å². The van der Waals surface area contributed by atoms with E-state index in [1.54, 1.807) is 29.2 Å². The molecule has 0 radical (unpaired) electrons. The number of halogens is 2. The van der Waals surface area contributed by atoms with Crippen molar-refractivity contribution in [2.24, 2.45) is 0 Å². The van der Waals surface area contributed by atoms with E-state index >= 15 is 0 Å². The predicted octanol–water partition coefficient (Wildman–Crippen LogP) is 3.08. The molecular weight excluding hydrogens is 325 g/mol. The molecule has 1 aliphatic rings. The average molecular weight is 338 g/mol. The summed E-state index contributed by atoms with van der Waals surface area (Å²) >= 11 is 11.8. The third kappa shape index (κ3) is 3.31. The minimum atomic E-state index is -0.0601. The van der Waals surface area contributed by atoms with Crippen molar-refractivity contribution >= 4 is 29.1 Å². The Morgan fingerprint density at radius 3 is 2.82 bits per heavy atom. The Kier molecular flexibility index (Phi) is 4.45. The molecule has 2 aromatic rings. The second-order valence-corrected chi connectivity index (χ2v) is 5.80. The average Bonchev–Trinajstić information content (AvgIpc) is 2.99. The zero-order valence-corrected chi connectivity index (χ0v) is 13.1. The quantitative estimate of drug-likeness (QED) is 0.863. The highest BCUT2D eigenvalue weighted by molar-refractivity contribution is 6.42. The van der Waals surface area contributed by atoms with Gasteiger partial charge in [-0.05, 0) is 18.2 Å². The monoisotopic (exact) mass is 337 g/mol. The first-order valence-electron chi connectivity index (χ1n) is 6.81. The van der Waals surface area contributed by atoms with Crippen LogP contribution in [-0.2, 0) is 0 Å². The number of likely N-dealkylation sites (tertiary alicyclic amines) is 1. The first kappa shape index (κ1) is 15.1. The Bertz CT molecular complexity index is 682. The maximum atomic E-state index is 12.3. The molecule has 0 aliphatic carbocycles. The third-order valence-corrected chi connectivity index (χ3v) is 4.20. The number of carbonyl (C=O) groups is 1. The molecule has 0 spiro atoms. The van der Waals surface area contributed by atoms with Crippen molar-refractivity contribution in [1.29, 1.82) is 0 Å². The zero-order valence-electron chi connectivity index (χ0n) is 11.6. The number of benzene rings is 1. The minimum Gasteiger partial charge on any atom is -0.488 e. The van der Waals surface area contributed by atoms with E-state index in [4.69, 9.17) is 27.9 Å². The molecule has 7 heteroatoms. The van der Waals surface area contributed by atoms with E-state index in [1.165, 1.54) is 12.4 Å². The van der Waals surface area contributed by atoms with Crippen LogP contribution < -0.4 is 4.74 Å². The fraction of sp³-hybridized carbons (Fsp3) is 0.267. The molecule has 5 nitrogen and oxygen atoms in total. The van der Waals surface area contributed by atoms with Crippen LogP contribution in [0.1, 0.15) is 16.8 Å². The Balaban J connectivity index is 1.62. The molecular formula is C15H13Cl2N3O2. The SMILES string of the molecule is O=C(c1ccnnc1)N1CC[C@H](Oc2ccc(Cl)c(Cl)c2)C1. The van der Waals surface area contributed by atoms with E-state index in [1.807, 2.05) is 0 Å². The lowest BCUT2D eigenvalue weighted by Gasteiger charge is -2.17. The van der Waals surface area contributed by atoms with Crippen LogP contribution in [0.5, 0.6) is 5.75 Å². The van der Waals surface area contributed by atoms with Crippen LogP contribution in [0.4, 0.5) is 0 Å². The van der Waals surface area contributed by atoms with Gasteiger partial charge >= 0.3 is 0 Å². The Labute approximate surface area is 137 Å². The number of nitrogens with zero attached hydrogens (tertiary/aromatic N) is 3. The van der Waals surface area contributed by atoms with Gasteiger partial charge in [0.15, 0.2) is 0 Å². The van der Waals surface area contributed by atoms with Gasteiger partial charge in [-0.1, -0.05) is 23.2 Å². The first-order valence-corrected chi connectivity index (χ1v) is 7.57. The van der Waals surface area contributed by atoms with Gasteiger partial charge < -0.3 is 9.64 Å². The molecule has 1 amide bonds. The maximum absolute atomic E-state index is 12.3. The Hall–Kier alpha value is -1.85. The molecule has 1 aromatic carbocycles. The zero-order chi connectivity index (χ0) is 15.5. The number of carbonyl (C=O) groups excluding carboxylic acids is 1. The van der Waals surface area contributed by atoms with Crippen molar-refractivity contribution in [1.82, 2.24) is 15.1 Å². The lowest BCUT2D eigenvalue weighted by atomic mass is 10.3. The van der Waals surface area contributed by atoms with Crippen molar-refractivity contribution in [2.45, 2.75) is 12.5 Å². The van der Waals surface area contributed by atoms with Crippen molar-refractivity contribution in [2.75, 3.05) is 13.1 Å². The van der Waals surface area contributed by atoms with E-state index in [9.17, 15) is 4.79 Å². The van der Waals surface area contributed by atoms with Crippen molar-refractivity contribution in [3.63, 3.8) is 0 Å². The van der Waals surface area contributed by atoms with Crippen LogP contribution >= 0.6 is 23.2 Å². The first-order chi connectivity index (χ1) is 10.6. The smallest absolute Gasteiger partial charge is 0.255 e. The summed E-state index contributed by atoms with van der Waals surface area (Å²) in [7, 11) is 0. The summed E-state index contributed by atoms with van der Waals surface area (Å²) in [6.07, 6.45) is 3.68. The lowest BCUT2D eigenvalue weighted by molar-refractivity contribution is 0.0772. The highest BCUT2D eigenvalue weighted by Gasteiger charge is 2.28. The molecule has 1 atom stereocenters. The van der Waals surface area contributed by atoms with Crippen molar-refractivity contribution in [3.05, 3.63) is 52.3 Å². The molecule has 22 heavy (non-hydrogen) atoms. The molecule has 0 N–H and O–H groups in total. The van der Waals surface area contributed by atoms with Gasteiger partial charge in [0.2, 0.25) is 0 Å². The van der Waals surface area contributed by atoms with E-state index < -0.39 is 0 Å². The third-order valence-electron chi connectivity index (χ3n) is 3.46. The van der Waals surface area contributed by atoms with Gasteiger partial charge in [0.25, 0.3) is 5.91 Å². The van der Waals surface area contributed by atoms with Crippen LogP contribution in [0.3, 0.4) is 0 Å². The lowest BCUT2D eigenvalue weighted by Crippen LogP contribution is -2.31. The molecule has 3 rings (SSSR count). The second kappa shape index (κ2) is 6.50. The molecule has 0 saturated carbocycles. The highest BCUT2D eigenvalue weighted by Crippen LogP contribution is 2.28. The van der Waals surface area contributed by atoms with E-state index in [0.29, 0.717) is 34.4 Å². The highest BCUT2D eigenvalue weighted by atomic mass is 35.5. The normalized spacial score (nSPS) is 17.5. The number of hydrogen-bond acceptors (Lipinski definition) is 4. The van der Waals surface area contributed by atoms with Gasteiger partial charge in [-0.25, -0.2) is 0 Å². The molecule has 1 aliphatic heterocycles. The summed E-state index contributed by atoms with van der Waals surface area (Å²) in [5.41, 5.74) is 0.533. The summed E-state index contributed by atoms with van der Waals surface area (Å²) in [6, 6.07) is 6.80. The van der Waals surface area contributed by atoms with E-state index in [2.05, 4.69) is 10.2 Å². The van der Waals surface area contributed by atoms with E-state index in [-0.39, 0.29) is 12.0 Å². The summed E-state index contributed by atoms with van der Waals surface area (Å²) < 4.78 is 5.86. The number of amides is 1. The van der Waals surface area contributed by atoms with Crippen LogP contribution in [0, 0.1) is 0 Å². The number of aromatic nitrogens is 2. The molecule has 0 bridgehead atoms. The predicted molar refractivity (Wildman–Crippen MR) is 83.4 cm³/mol. The summed E-state index contributed by atoms with van der Waals surface area (Å²) in [5, 5.41) is 8.34. The Morgan fingerprint density at radius 1 is 1.23 bits per heavy atom. The largest absolute Gasteiger partial charge is 0.488 e. The van der Waals surface area contributed by atoms with Crippen LogP contribution in [0.2, 0.25) is 10.0 Å². The van der Waals surface area contributed by atoms with E-state index in [0.717, 1.165) is 6.42 Å². The van der Waals surface area contributed by atoms with Gasteiger partial charge in [-0.2, -0.15) is 10.2 Å². The Morgan fingerprint density at radius 2 is 2.09 bits per heavy atom. The summed E-state index contributed by atoms with van der Waals surface area (Å²) in [6.45, 7) is 1.18. The topological polar surface area (TPSA) is 55.3 Å². The molecule has 1 fully saturated rings. The fourth-order valence-corrected chi connectivity index (χ4v) is 2.64. The van der Waals surface area contributed by atoms with Gasteiger partial charge in [-0.3, -0.25) is 4.79 Å². The molecule has 1 aromatic heterocycles. The molecule has 114 valence electrons. The standard InChI is InChI=1S/C15H13Cl2N3O2/c16-13-2-1-11(7-14(13)17)22-12-4-6-20(9-12)15(21)10-3-5-18-19-8-10/h1-3,5,7-8,12H,4,6,9H2/t12-/m0/s1. The van der Waals surface area contributed by atoms with Crippen LogP contribution in [-0.4, -0.2) is 40.2 Å². The second-order valence-electron chi connectivity index (χ2n) is 4.99. The van der Waals surface area contributed by atoms with Crippen molar-refractivity contribution < 1.29 is 9.53 Å². The van der Waals surface area contributed by atoms with Gasteiger partial charge in [-0.15, -0.1) is 0 Å². The van der Waals surface area contributed by atoms with Gasteiger partial charge in [0, 0.05) is 19.0 Å². The molecule has 2 heterocycles. The van der Waals surface area contributed by atoms with Crippen LogP contribution in [0.25, 0.3) is 0 Å². The number of ether oxygens (including phenoxy) is 1. The van der Waals surface area contributed by atoms with Gasteiger partial charge in [0.05, 0.1) is 34.5 Å². The fourth-order valence-electron chi connectivity index (χ4n) is 2.35. The van der Waals surface area contributed by atoms with Crippen molar-refractivity contribution in [3.8, 4) is 5.75 Å². The molecule has 1 saturated heterocycles. The minimum absolute atomic E-state index is 0.0593. The van der Waals surface area contributed by atoms with Gasteiger partial charge in [0.1, 0.15) is 11.9 Å². The molecule has 0 unspecified atom stereocenters. The summed E-state index contributed by atoms with van der Waals surface area (Å²) in [4.78, 5) is 14.1. The number of hydrogen-bond donors (Lipinski definition) is 0. The summed E-state index contributed by atoms with van der Waals surface area (Å²) in [5.74, 6) is 0.592. The maximum Gasteiger partial charge on any atom is 0.255 e. The number of rotatable bonds is 3.